The second kappa shape index (κ2) is 5.98. The first-order valence-electron chi connectivity index (χ1n) is 9.01. The number of H-pyrrole nitrogens is 2. The highest BCUT2D eigenvalue weighted by molar-refractivity contribution is 5.99. The van der Waals surface area contributed by atoms with E-state index < -0.39 is 0 Å². The summed E-state index contributed by atoms with van der Waals surface area (Å²) in [5.41, 5.74) is 6.68. The summed E-state index contributed by atoms with van der Waals surface area (Å²) in [4.78, 5) is 31.1. The summed E-state index contributed by atoms with van der Waals surface area (Å²) < 4.78 is 6.13. The zero-order valence-corrected chi connectivity index (χ0v) is 16.1. The average Bonchev–Trinajstić information content (AvgIpc) is 3.07. The maximum atomic E-state index is 12.2. The third kappa shape index (κ3) is 2.46. The van der Waals surface area contributed by atoms with Crippen molar-refractivity contribution >= 4 is 11.6 Å². The second-order valence-corrected chi connectivity index (χ2v) is 7.22. The second-order valence-electron chi connectivity index (χ2n) is 7.22. The van der Waals surface area contributed by atoms with E-state index >= 15 is 0 Å². The van der Waals surface area contributed by atoms with Gasteiger partial charge in [-0.05, 0) is 46.2 Å². The number of nitrogens with one attached hydrogen (secondary N) is 2. The number of hydrogen-bond donors (Lipinski definition) is 2. The molecule has 0 saturated carbocycles. The van der Waals surface area contributed by atoms with Crippen molar-refractivity contribution < 1.29 is 14.3 Å². The molecule has 0 radical (unpaired) electrons. The van der Waals surface area contributed by atoms with E-state index in [0.29, 0.717) is 11.3 Å². The number of fused-ring (bicyclic) bond motifs is 2. The van der Waals surface area contributed by atoms with Gasteiger partial charge < -0.3 is 14.7 Å². The molecule has 0 saturated heterocycles. The van der Waals surface area contributed by atoms with E-state index in [4.69, 9.17) is 4.74 Å². The monoisotopic (exact) mass is 362 g/mol. The molecule has 138 valence electrons. The van der Waals surface area contributed by atoms with Gasteiger partial charge in [-0.15, -0.1) is 0 Å². The molecule has 1 atom stereocenters. The Balaban J connectivity index is 2.03. The summed E-state index contributed by atoms with van der Waals surface area (Å²) in [6, 6.07) is 7.82. The number of aromatic nitrogens is 2. The van der Waals surface area contributed by atoms with E-state index in [1.165, 1.54) is 0 Å². The van der Waals surface area contributed by atoms with Crippen LogP contribution in [0.15, 0.2) is 24.3 Å². The van der Waals surface area contributed by atoms with Crippen LogP contribution in [-0.4, -0.2) is 21.5 Å². The Morgan fingerprint density at radius 1 is 0.889 bits per heavy atom. The molecule has 2 aromatic heterocycles. The molecule has 0 spiro atoms. The van der Waals surface area contributed by atoms with Crippen LogP contribution >= 0.6 is 0 Å². The minimum absolute atomic E-state index is 0.0352. The number of benzene rings is 1. The number of ether oxygens (including phenoxy) is 1. The van der Waals surface area contributed by atoms with Crippen molar-refractivity contribution in [2.24, 2.45) is 0 Å². The van der Waals surface area contributed by atoms with Gasteiger partial charge in [-0.3, -0.25) is 9.59 Å². The predicted octanol–water partition coefficient (Wildman–Crippen LogP) is 4.96. The van der Waals surface area contributed by atoms with E-state index in [-0.39, 0.29) is 17.5 Å². The van der Waals surface area contributed by atoms with Crippen molar-refractivity contribution in [1.82, 2.24) is 9.97 Å². The molecule has 1 aliphatic rings. The van der Waals surface area contributed by atoms with E-state index in [1.54, 1.807) is 13.8 Å². The van der Waals surface area contributed by atoms with Crippen LogP contribution in [0.25, 0.3) is 0 Å². The largest absolute Gasteiger partial charge is 0.454 e. The van der Waals surface area contributed by atoms with Gasteiger partial charge in [0.15, 0.2) is 17.3 Å². The standard InChI is InChI=1S/C22H22N2O3/c1-10-17(13(4)25)11(2)23-20(10)19-15-8-6-7-9-16(15)27-22-18(14(5)26)12(3)24-21(19)22/h6-9,19,23-24H,1-5H3. The molecular formula is C22H22N2O3. The number of para-hydroxylation sites is 1. The minimum Gasteiger partial charge on any atom is -0.454 e. The van der Waals surface area contributed by atoms with E-state index in [1.807, 2.05) is 45.0 Å². The number of rotatable bonds is 3. The fraction of sp³-hybridized carbons (Fsp3) is 0.273. The highest BCUT2D eigenvalue weighted by Gasteiger charge is 2.36. The molecule has 4 rings (SSSR count). The molecule has 0 fully saturated rings. The molecule has 3 aromatic rings. The van der Waals surface area contributed by atoms with Crippen molar-refractivity contribution in [2.75, 3.05) is 0 Å². The summed E-state index contributed by atoms with van der Waals surface area (Å²) in [6.07, 6.45) is 0. The van der Waals surface area contributed by atoms with E-state index in [9.17, 15) is 9.59 Å². The van der Waals surface area contributed by atoms with E-state index in [0.717, 1.165) is 45.2 Å². The molecule has 1 aromatic carbocycles. The SMILES string of the molecule is CC(=O)c1c(C)[nH]c(C2c3ccccc3Oc3c2[nH]c(C)c3C(C)=O)c1C. The van der Waals surface area contributed by atoms with Crippen LogP contribution in [0.1, 0.15) is 74.4 Å². The zero-order valence-electron chi connectivity index (χ0n) is 16.1. The summed E-state index contributed by atoms with van der Waals surface area (Å²) >= 11 is 0. The quantitative estimate of drug-likeness (QED) is 0.506. The molecule has 5 heteroatoms. The van der Waals surface area contributed by atoms with Crippen LogP contribution in [0.4, 0.5) is 0 Å². The van der Waals surface area contributed by atoms with Gasteiger partial charge in [-0.1, -0.05) is 18.2 Å². The molecule has 5 nitrogen and oxygen atoms in total. The first-order valence-corrected chi connectivity index (χ1v) is 9.01. The summed E-state index contributed by atoms with van der Waals surface area (Å²) in [5, 5.41) is 0. The topological polar surface area (TPSA) is 75.0 Å². The van der Waals surface area contributed by atoms with Crippen molar-refractivity contribution in [3.8, 4) is 11.5 Å². The summed E-state index contributed by atoms with van der Waals surface area (Å²) in [5.74, 6) is 1.16. The highest BCUT2D eigenvalue weighted by Crippen LogP contribution is 2.49. The van der Waals surface area contributed by atoms with Crippen molar-refractivity contribution in [1.29, 1.82) is 0 Å². The third-order valence-electron chi connectivity index (χ3n) is 5.37. The lowest BCUT2D eigenvalue weighted by Crippen LogP contribution is -2.13. The number of carbonyl (C=O) groups excluding carboxylic acids is 2. The molecule has 0 bridgehead atoms. The van der Waals surface area contributed by atoms with Crippen molar-refractivity contribution in [2.45, 2.75) is 40.5 Å². The summed E-state index contributed by atoms with van der Waals surface area (Å²) in [7, 11) is 0. The van der Waals surface area contributed by atoms with Crippen molar-refractivity contribution in [3.63, 3.8) is 0 Å². The lowest BCUT2D eigenvalue weighted by atomic mass is 9.86. The molecule has 0 amide bonds. The van der Waals surface area contributed by atoms with Gasteiger partial charge in [0.1, 0.15) is 5.75 Å². The number of Topliss-reactive ketones (excluding diaryl/α,β-unsaturated/α-hetero) is 2. The van der Waals surface area contributed by atoms with Crippen molar-refractivity contribution in [3.05, 3.63) is 69.3 Å². The normalized spacial score (nSPS) is 15.1. The minimum atomic E-state index is -0.163. The van der Waals surface area contributed by atoms with Crippen LogP contribution in [0.3, 0.4) is 0 Å². The maximum Gasteiger partial charge on any atom is 0.165 e. The molecule has 0 aliphatic carbocycles. The Labute approximate surface area is 157 Å². The Hall–Kier alpha value is -3.08. The lowest BCUT2D eigenvalue weighted by Gasteiger charge is -2.26. The first-order chi connectivity index (χ1) is 12.8. The lowest BCUT2D eigenvalue weighted by molar-refractivity contribution is 0.100. The number of aryl methyl sites for hydroxylation is 2. The van der Waals surface area contributed by atoms with Gasteiger partial charge in [0.05, 0.1) is 17.2 Å². The van der Waals surface area contributed by atoms with Crippen LogP contribution in [0.5, 0.6) is 11.5 Å². The molecule has 1 aliphatic heterocycles. The molecule has 2 N–H and O–H groups in total. The number of aromatic amines is 2. The Morgan fingerprint density at radius 2 is 1.48 bits per heavy atom. The zero-order chi connectivity index (χ0) is 19.5. The number of hydrogen-bond acceptors (Lipinski definition) is 3. The molecular weight excluding hydrogens is 340 g/mol. The number of ketones is 2. The highest BCUT2D eigenvalue weighted by atomic mass is 16.5. The number of carbonyl (C=O) groups is 2. The van der Waals surface area contributed by atoms with E-state index in [2.05, 4.69) is 9.97 Å². The Kier molecular flexibility index (Phi) is 3.84. The van der Waals surface area contributed by atoms with Gasteiger partial charge in [0.25, 0.3) is 0 Å². The third-order valence-corrected chi connectivity index (χ3v) is 5.37. The fourth-order valence-electron chi connectivity index (χ4n) is 4.33. The maximum absolute atomic E-state index is 12.2. The molecule has 27 heavy (non-hydrogen) atoms. The fourth-order valence-corrected chi connectivity index (χ4v) is 4.33. The van der Waals surface area contributed by atoms with Crippen LogP contribution in [0, 0.1) is 20.8 Å². The van der Waals surface area contributed by atoms with Gasteiger partial charge >= 0.3 is 0 Å². The molecule has 3 heterocycles. The van der Waals surface area contributed by atoms with Gasteiger partial charge in [0, 0.05) is 28.2 Å². The predicted molar refractivity (Wildman–Crippen MR) is 103 cm³/mol. The smallest absolute Gasteiger partial charge is 0.165 e. The van der Waals surface area contributed by atoms with Crippen LogP contribution in [0.2, 0.25) is 0 Å². The Bertz CT molecular complexity index is 1100. The summed E-state index contributed by atoms with van der Waals surface area (Å²) in [6.45, 7) is 8.90. The first kappa shape index (κ1) is 17.3. The van der Waals surface area contributed by atoms with Crippen LogP contribution < -0.4 is 4.74 Å². The average molecular weight is 362 g/mol. The van der Waals surface area contributed by atoms with Crippen LogP contribution in [-0.2, 0) is 0 Å². The molecule has 1 unspecified atom stereocenters. The van der Waals surface area contributed by atoms with Gasteiger partial charge in [-0.2, -0.15) is 0 Å². The van der Waals surface area contributed by atoms with Gasteiger partial charge in [0.2, 0.25) is 0 Å². The van der Waals surface area contributed by atoms with Gasteiger partial charge in [-0.25, -0.2) is 0 Å². The Morgan fingerprint density at radius 3 is 2.11 bits per heavy atom.